The molecule has 0 spiro atoms. The topological polar surface area (TPSA) is 205 Å². The first kappa shape index (κ1) is 16.4. The summed E-state index contributed by atoms with van der Waals surface area (Å²) in [7, 11) is 0. The van der Waals surface area contributed by atoms with Gasteiger partial charge in [0, 0.05) is 6.54 Å². The van der Waals surface area contributed by atoms with E-state index in [0.717, 1.165) is 0 Å². The van der Waals surface area contributed by atoms with Gasteiger partial charge in [0.1, 0.15) is 6.04 Å². The number of hydrogen-bond acceptors (Lipinski definition) is 3. The van der Waals surface area contributed by atoms with Gasteiger partial charge in [-0.25, -0.2) is 0 Å². The van der Waals surface area contributed by atoms with Crippen molar-refractivity contribution in [3.63, 3.8) is 0 Å². The monoisotopic (exact) mass is 234 g/mol. The van der Waals surface area contributed by atoms with E-state index in [1.54, 1.807) is 0 Å². The number of nitrogens with two attached hydrogens (primary N) is 6. The molecule has 0 aromatic rings. The summed E-state index contributed by atoms with van der Waals surface area (Å²) in [4.78, 5) is 13.9. The summed E-state index contributed by atoms with van der Waals surface area (Å²) in [6, 6.07) is -0.820. The largest absolute Gasteiger partial charge is 0.480 e. The minimum Gasteiger partial charge on any atom is -0.480 e. The summed E-state index contributed by atoms with van der Waals surface area (Å²) < 4.78 is 0. The Labute approximate surface area is 93.2 Å². The molecule has 94 valence electrons. The summed E-state index contributed by atoms with van der Waals surface area (Å²) in [6.07, 6.45) is 0.956. The number of guanidine groups is 2. The van der Waals surface area contributed by atoms with Crippen LogP contribution in [0.2, 0.25) is 0 Å². The number of nitrogens with zero attached hydrogens (tertiary/aromatic N) is 1. The highest BCUT2D eigenvalue weighted by Crippen LogP contribution is 1.94. The fourth-order valence-corrected chi connectivity index (χ4v) is 0.643. The van der Waals surface area contributed by atoms with Gasteiger partial charge in [0.05, 0.1) is 0 Å². The summed E-state index contributed by atoms with van der Waals surface area (Å²) in [5, 5.41) is 13.0. The van der Waals surface area contributed by atoms with Crippen molar-refractivity contribution in [2.45, 2.75) is 18.9 Å². The van der Waals surface area contributed by atoms with Crippen molar-refractivity contribution in [3.8, 4) is 0 Å². The molecule has 0 aromatic carbocycles. The van der Waals surface area contributed by atoms with Crippen LogP contribution in [0.15, 0.2) is 4.99 Å². The third kappa shape index (κ3) is 17.9. The van der Waals surface area contributed by atoms with E-state index in [1.165, 1.54) is 0 Å². The summed E-state index contributed by atoms with van der Waals surface area (Å²) >= 11 is 0. The molecule has 0 aliphatic heterocycles. The van der Waals surface area contributed by atoms with E-state index in [9.17, 15) is 4.79 Å². The Morgan fingerprint density at radius 3 is 2.06 bits per heavy atom. The van der Waals surface area contributed by atoms with Crippen LogP contribution in [0.4, 0.5) is 0 Å². The van der Waals surface area contributed by atoms with Crippen molar-refractivity contribution in [2.75, 3.05) is 6.54 Å². The van der Waals surface area contributed by atoms with E-state index < -0.39 is 12.0 Å². The predicted molar refractivity (Wildman–Crippen MR) is 60.8 cm³/mol. The molecule has 0 aliphatic rings. The van der Waals surface area contributed by atoms with Gasteiger partial charge in [0.2, 0.25) is 0 Å². The Hall–Kier alpha value is -2.03. The molecule has 0 rings (SSSR count). The van der Waals surface area contributed by atoms with Crippen LogP contribution in [0, 0.1) is 0 Å². The van der Waals surface area contributed by atoms with Crippen LogP contribution in [0.25, 0.3) is 0 Å². The van der Waals surface area contributed by atoms with Gasteiger partial charge in [-0.05, 0) is 12.8 Å². The minimum atomic E-state index is -1.00. The van der Waals surface area contributed by atoms with Crippen molar-refractivity contribution < 1.29 is 15.3 Å². The van der Waals surface area contributed by atoms with Gasteiger partial charge in [-0.3, -0.25) is 26.7 Å². The lowest BCUT2D eigenvalue weighted by Gasteiger charge is -2.03. The summed E-state index contributed by atoms with van der Waals surface area (Å²) in [5.74, 6) is -1.07. The van der Waals surface area contributed by atoms with Crippen LogP contribution in [0.3, 0.4) is 0 Å². The SMILES string of the molecule is NC(N)=NCCCC(N)C(=O)O.NC(N)=[NH2+]. The van der Waals surface area contributed by atoms with Crippen LogP contribution in [-0.4, -0.2) is 35.6 Å². The normalized spacial score (nSPS) is 10.6. The molecule has 0 aromatic heterocycles. The summed E-state index contributed by atoms with van der Waals surface area (Å²) in [5.41, 5.74) is 24.5. The van der Waals surface area contributed by atoms with Gasteiger partial charge in [0.25, 0.3) is 0 Å². The second-order valence-corrected chi connectivity index (χ2v) is 2.89. The molecule has 9 nitrogen and oxygen atoms in total. The van der Waals surface area contributed by atoms with Gasteiger partial charge >= 0.3 is 11.9 Å². The Balaban J connectivity index is 0. The molecule has 9 heteroatoms. The van der Waals surface area contributed by atoms with E-state index in [1.807, 2.05) is 0 Å². The molecule has 0 saturated heterocycles. The number of aliphatic imine (C=N–C) groups is 1. The van der Waals surface area contributed by atoms with E-state index in [-0.39, 0.29) is 11.9 Å². The molecule has 0 radical (unpaired) electrons. The Kier molecular flexibility index (Phi) is 9.76. The number of aliphatic carboxylic acids is 1. The average Bonchev–Trinajstić information content (AvgIpc) is 2.10. The van der Waals surface area contributed by atoms with Crippen molar-refractivity contribution >= 4 is 17.9 Å². The van der Waals surface area contributed by atoms with Gasteiger partial charge in [-0.1, -0.05) is 0 Å². The quantitative estimate of drug-likeness (QED) is 0.141. The van der Waals surface area contributed by atoms with Crippen LogP contribution in [0.5, 0.6) is 0 Å². The lowest BCUT2D eigenvalue weighted by Crippen LogP contribution is -2.51. The van der Waals surface area contributed by atoms with E-state index in [2.05, 4.69) is 21.9 Å². The molecule has 0 bridgehead atoms. The lowest BCUT2D eigenvalue weighted by atomic mass is 10.2. The maximum Gasteiger partial charge on any atom is 0.336 e. The third-order valence-electron chi connectivity index (χ3n) is 1.28. The highest BCUT2D eigenvalue weighted by atomic mass is 16.4. The number of carboxylic acids is 1. The fourth-order valence-electron chi connectivity index (χ4n) is 0.643. The molecular weight excluding hydrogens is 214 g/mol. The molecule has 16 heavy (non-hydrogen) atoms. The second-order valence-electron chi connectivity index (χ2n) is 2.89. The third-order valence-corrected chi connectivity index (χ3v) is 1.28. The first-order valence-corrected chi connectivity index (χ1v) is 4.44. The number of carbonyl (C=O) groups is 1. The Bertz CT molecular complexity index is 245. The highest BCUT2D eigenvalue weighted by Gasteiger charge is 2.09. The van der Waals surface area contributed by atoms with Gasteiger partial charge in [-0.15, -0.1) is 0 Å². The molecule has 0 amide bonds. The molecule has 0 saturated carbocycles. The van der Waals surface area contributed by atoms with Gasteiger partial charge < -0.3 is 22.3 Å². The summed E-state index contributed by atoms with van der Waals surface area (Å²) in [6.45, 7) is 0.420. The molecule has 0 fully saturated rings. The molecule has 0 aliphatic carbocycles. The van der Waals surface area contributed by atoms with Crippen molar-refractivity contribution in [1.82, 2.24) is 0 Å². The minimum absolute atomic E-state index is 0.0129. The second kappa shape index (κ2) is 9.52. The van der Waals surface area contributed by atoms with Crippen LogP contribution >= 0.6 is 0 Å². The Morgan fingerprint density at radius 2 is 1.75 bits per heavy atom. The van der Waals surface area contributed by atoms with Gasteiger partial charge in [-0.2, -0.15) is 0 Å². The van der Waals surface area contributed by atoms with Gasteiger partial charge in [0.15, 0.2) is 5.96 Å². The zero-order valence-electron chi connectivity index (χ0n) is 8.97. The first-order chi connectivity index (χ1) is 7.27. The fraction of sp³-hybridized carbons (Fsp3) is 0.571. The maximum atomic E-state index is 10.2. The average molecular weight is 234 g/mol. The maximum absolute atomic E-state index is 10.2. The van der Waals surface area contributed by atoms with Crippen LogP contribution < -0.4 is 34.1 Å². The number of rotatable bonds is 5. The van der Waals surface area contributed by atoms with Crippen LogP contribution in [0.1, 0.15) is 12.8 Å². The zero-order valence-corrected chi connectivity index (χ0v) is 8.97. The van der Waals surface area contributed by atoms with Crippen molar-refractivity contribution in [1.29, 1.82) is 0 Å². The van der Waals surface area contributed by atoms with Crippen molar-refractivity contribution in [3.05, 3.63) is 0 Å². The lowest BCUT2D eigenvalue weighted by molar-refractivity contribution is -0.138. The highest BCUT2D eigenvalue weighted by molar-refractivity contribution is 5.75. The smallest absolute Gasteiger partial charge is 0.336 e. The van der Waals surface area contributed by atoms with E-state index in [4.69, 9.17) is 22.3 Å². The predicted octanol–water partition coefficient (Wildman–Crippen LogP) is -4.53. The molecule has 1 atom stereocenters. The zero-order chi connectivity index (χ0) is 13.1. The van der Waals surface area contributed by atoms with Crippen molar-refractivity contribution in [2.24, 2.45) is 33.7 Å². The standard InChI is InChI=1S/C6H14N4O2.CH5N3/c7-4(5(11)12)2-1-3-10-6(8)9;2-1(3)4/h4H,1-3,7H2,(H,11,12)(H4,8,9,10);(H5,2,3,4)/p+1. The van der Waals surface area contributed by atoms with Crippen LogP contribution in [-0.2, 0) is 4.79 Å². The molecule has 0 heterocycles. The Morgan fingerprint density at radius 1 is 1.31 bits per heavy atom. The first-order valence-electron chi connectivity index (χ1n) is 4.44. The molecule has 13 N–H and O–H groups in total. The van der Waals surface area contributed by atoms with E-state index >= 15 is 0 Å². The number of hydrogen-bond donors (Lipinski definition) is 7. The van der Waals surface area contributed by atoms with E-state index in [0.29, 0.717) is 19.4 Å². The molecular formula is C7H20N7O2+. The number of carboxylic acid groups (broad SMARTS) is 1. The molecule has 1 unspecified atom stereocenters.